The molecule has 3 heteroatoms. The van der Waals surface area contributed by atoms with Crippen molar-refractivity contribution in [3.05, 3.63) is 35.4 Å². The van der Waals surface area contributed by atoms with Gasteiger partial charge in [-0.05, 0) is 50.0 Å². The predicted octanol–water partition coefficient (Wildman–Crippen LogP) is 2.96. The standard InChI is InChI=1S/C17H25N3/c18-13-15-7-9-16(10-8-15)14-19-11-4-12-20-17-5-2-1-3-6-17/h7-10,17,19-20H,1-6,11-12,14H2. The topological polar surface area (TPSA) is 47.9 Å². The van der Waals surface area contributed by atoms with Crippen molar-refractivity contribution in [3.8, 4) is 6.07 Å². The van der Waals surface area contributed by atoms with E-state index < -0.39 is 0 Å². The zero-order chi connectivity index (χ0) is 14.0. The van der Waals surface area contributed by atoms with E-state index >= 15 is 0 Å². The summed E-state index contributed by atoms with van der Waals surface area (Å²) >= 11 is 0. The Morgan fingerprint density at radius 2 is 1.80 bits per heavy atom. The summed E-state index contributed by atoms with van der Waals surface area (Å²) in [6.45, 7) is 3.04. The summed E-state index contributed by atoms with van der Waals surface area (Å²) in [5.74, 6) is 0. The first-order valence-corrected chi connectivity index (χ1v) is 7.81. The van der Waals surface area contributed by atoms with Crippen LogP contribution in [0.15, 0.2) is 24.3 Å². The molecule has 1 aliphatic carbocycles. The van der Waals surface area contributed by atoms with Gasteiger partial charge < -0.3 is 10.6 Å². The fourth-order valence-corrected chi connectivity index (χ4v) is 2.76. The average molecular weight is 271 g/mol. The summed E-state index contributed by atoms with van der Waals surface area (Å²) in [5, 5.41) is 15.8. The molecule has 1 aliphatic rings. The third kappa shape index (κ3) is 5.32. The van der Waals surface area contributed by atoms with Crippen molar-refractivity contribution in [2.45, 2.75) is 51.1 Å². The van der Waals surface area contributed by atoms with Crippen LogP contribution >= 0.6 is 0 Å². The molecule has 1 aromatic rings. The molecule has 1 aromatic carbocycles. The van der Waals surface area contributed by atoms with Crippen molar-refractivity contribution >= 4 is 0 Å². The summed E-state index contributed by atoms with van der Waals surface area (Å²) in [7, 11) is 0. The van der Waals surface area contributed by atoms with Gasteiger partial charge in [-0.25, -0.2) is 0 Å². The van der Waals surface area contributed by atoms with Gasteiger partial charge in [-0.15, -0.1) is 0 Å². The van der Waals surface area contributed by atoms with E-state index in [4.69, 9.17) is 5.26 Å². The van der Waals surface area contributed by atoms with Crippen molar-refractivity contribution in [3.63, 3.8) is 0 Å². The van der Waals surface area contributed by atoms with Gasteiger partial charge in [-0.3, -0.25) is 0 Å². The Bertz CT molecular complexity index is 413. The van der Waals surface area contributed by atoms with Crippen LogP contribution in [0.3, 0.4) is 0 Å². The van der Waals surface area contributed by atoms with E-state index in [0.29, 0.717) is 0 Å². The fourth-order valence-electron chi connectivity index (χ4n) is 2.76. The van der Waals surface area contributed by atoms with E-state index in [1.165, 1.54) is 44.1 Å². The van der Waals surface area contributed by atoms with Gasteiger partial charge in [-0.2, -0.15) is 5.26 Å². The minimum Gasteiger partial charge on any atom is -0.314 e. The second kappa shape index (κ2) is 8.73. The number of benzene rings is 1. The van der Waals surface area contributed by atoms with Crippen molar-refractivity contribution in [1.29, 1.82) is 5.26 Å². The van der Waals surface area contributed by atoms with E-state index in [1.54, 1.807) is 0 Å². The number of nitrogens with one attached hydrogen (secondary N) is 2. The molecule has 0 heterocycles. The maximum absolute atomic E-state index is 8.74. The second-order valence-electron chi connectivity index (χ2n) is 5.63. The Morgan fingerprint density at radius 1 is 1.05 bits per heavy atom. The summed E-state index contributed by atoms with van der Waals surface area (Å²) in [4.78, 5) is 0. The SMILES string of the molecule is N#Cc1ccc(CNCCCNC2CCCCC2)cc1. The van der Waals surface area contributed by atoms with Crippen LogP contribution in [0.5, 0.6) is 0 Å². The van der Waals surface area contributed by atoms with Gasteiger partial charge in [0.2, 0.25) is 0 Å². The lowest BCUT2D eigenvalue weighted by Gasteiger charge is -2.22. The van der Waals surface area contributed by atoms with Gasteiger partial charge in [0.05, 0.1) is 11.6 Å². The van der Waals surface area contributed by atoms with Gasteiger partial charge in [0.25, 0.3) is 0 Å². The highest BCUT2D eigenvalue weighted by Gasteiger charge is 2.11. The third-order valence-electron chi connectivity index (χ3n) is 3.98. The van der Waals surface area contributed by atoms with E-state index in [2.05, 4.69) is 16.7 Å². The molecule has 20 heavy (non-hydrogen) atoms. The van der Waals surface area contributed by atoms with Crippen LogP contribution in [-0.2, 0) is 6.54 Å². The number of hydrogen-bond donors (Lipinski definition) is 2. The Morgan fingerprint density at radius 3 is 2.50 bits per heavy atom. The van der Waals surface area contributed by atoms with Gasteiger partial charge in [0.15, 0.2) is 0 Å². The molecule has 0 aromatic heterocycles. The predicted molar refractivity (Wildman–Crippen MR) is 82.4 cm³/mol. The highest BCUT2D eigenvalue weighted by Crippen LogP contribution is 2.17. The summed E-state index contributed by atoms with van der Waals surface area (Å²) < 4.78 is 0. The minimum absolute atomic E-state index is 0.727. The zero-order valence-corrected chi connectivity index (χ0v) is 12.2. The molecule has 2 rings (SSSR count). The molecule has 1 saturated carbocycles. The maximum atomic E-state index is 8.74. The van der Waals surface area contributed by atoms with Crippen LogP contribution in [0.2, 0.25) is 0 Å². The van der Waals surface area contributed by atoms with E-state index in [-0.39, 0.29) is 0 Å². The number of rotatable bonds is 7. The fraction of sp³-hybridized carbons (Fsp3) is 0.588. The Kier molecular flexibility index (Phi) is 6.56. The van der Waals surface area contributed by atoms with Gasteiger partial charge in [-0.1, -0.05) is 31.4 Å². The number of nitriles is 1. The van der Waals surface area contributed by atoms with Crippen molar-refractivity contribution in [2.24, 2.45) is 0 Å². The molecule has 0 atom stereocenters. The molecule has 0 amide bonds. The largest absolute Gasteiger partial charge is 0.314 e. The molecule has 1 fully saturated rings. The molecule has 0 bridgehead atoms. The minimum atomic E-state index is 0.727. The van der Waals surface area contributed by atoms with Crippen molar-refractivity contribution in [2.75, 3.05) is 13.1 Å². The molecule has 0 spiro atoms. The zero-order valence-electron chi connectivity index (χ0n) is 12.2. The van der Waals surface area contributed by atoms with Crippen molar-refractivity contribution < 1.29 is 0 Å². The van der Waals surface area contributed by atoms with Crippen molar-refractivity contribution in [1.82, 2.24) is 10.6 Å². The van der Waals surface area contributed by atoms with E-state index in [0.717, 1.165) is 31.2 Å². The molecule has 0 unspecified atom stereocenters. The Labute approximate surface area is 122 Å². The normalized spacial score (nSPS) is 15.9. The lowest BCUT2D eigenvalue weighted by Crippen LogP contribution is -2.33. The number of nitrogens with zero attached hydrogens (tertiary/aromatic N) is 1. The molecular formula is C17H25N3. The molecule has 0 saturated heterocycles. The van der Waals surface area contributed by atoms with Gasteiger partial charge >= 0.3 is 0 Å². The quantitative estimate of drug-likeness (QED) is 0.750. The first-order chi connectivity index (χ1) is 9.88. The van der Waals surface area contributed by atoms with Crippen LogP contribution in [-0.4, -0.2) is 19.1 Å². The first-order valence-electron chi connectivity index (χ1n) is 7.81. The van der Waals surface area contributed by atoms with Gasteiger partial charge in [0.1, 0.15) is 0 Å². The highest BCUT2D eigenvalue weighted by molar-refractivity contribution is 5.31. The highest BCUT2D eigenvalue weighted by atomic mass is 14.9. The smallest absolute Gasteiger partial charge is 0.0991 e. The molecular weight excluding hydrogens is 246 g/mol. The molecule has 0 aliphatic heterocycles. The lowest BCUT2D eigenvalue weighted by atomic mass is 9.95. The molecule has 0 radical (unpaired) electrons. The Hall–Kier alpha value is -1.37. The molecule has 108 valence electrons. The molecule has 3 nitrogen and oxygen atoms in total. The lowest BCUT2D eigenvalue weighted by molar-refractivity contribution is 0.371. The summed E-state index contributed by atoms with van der Waals surface area (Å²) in [5.41, 5.74) is 1.97. The van der Waals surface area contributed by atoms with Crippen LogP contribution < -0.4 is 10.6 Å². The third-order valence-corrected chi connectivity index (χ3v) is 3.98. The van der Waals surface area contributed by atoms with Crippen LogP contribution in [0.25, 0.3) is 0 Å². The van der Waals surface area contributed by atoms with Crippen LogP contribution in [0, 0.1) is 11.3 Å². The van der Waals surface area contributed by atoms with Crippen LogP contribution in [0.1, 0.15) is 49.7 Å². The Balaban J connectivity index is 1.51. The van der Waals surface area contributed by atoms with Gasteiger partial charge in [0, 0.05) is 12.6 Å². The average Bonchev–Trinajstić information content (AvgIpc) is 2.52. The number of hydrogen-bond acceptors (Lipinski definition) is 3. The summed E-state index contributed by atoms with van der Waals surface area (Å²) in [6, 6.07) is 10.7. The molecule has 2 N–H and O–H groups in total. The van der Waals surface area contributed by atoms with E-state index in [1.807, 2.05) is 24.3 Å². The summed E-state index contributed by atoms with van der Waals surface area (Å²) in [6.07, 6.45) is 8.11. The first kappa shape index (κ1) is 15.0. The second-order valence-corrected chi connectivity index (χ2v) is 5.63. The monoisotopic (exact) mass is 271 g/mol. The van der Waals surface area contributed by atoms with Crippen LogP contribution in [0.4, 0.5) is 0 Å². The van der Waals surface area contributed by atoms with E-state index in [9.17, 15) is 0 Å². The maximum Gasteiger partial charge on any atom is 0.0991 e.